The van der Waals surface area contributed by atoms with E-state index < -0.39 is 0 Å². The molecule has 0 aromatic heterocycles. The highest BCUT2D eigenvalue weighted by Crippen LogP contribution is 1.89. The molecular formula is C5H13ClINO. The smallest absolute Gasteiger partial charge is 0.117 e. The SMILES string of the molecule is C[N+](C)(C)CCOCl.[I-]. The highest BCUT2D eigenvalue weighted by molar-refractivity contribution is 6.07. The van der Waals surface area contributed by atoms with E-state index in [1.807, 2.05) is 0 Å². The van der Waals surface area contributed by atoms with Gasteiger partial charge in [-0.25, -0.2) is 0 Å². The fourth-order valence-electron chi connectivity index (χ4n) is 0.308. The van der Waals surface area contributed by atoms with E-state index in [9.17, 15) is 0 Å². The molecule has 0 heterocycles. The molecule has 4 heteroatoms. The molecule has 0 saturated heterocycles. The molecule has 0 N–H and O–H groups in total. The molecule has 0 aliphatic rings. The number of halogens is 2. The van der Waals surface area contributed by atoms with Crippen LogP contribution in [0.25, 0.3) is 0 Å². The van der Waals surface area contributed by atoms with Crippen molar-refractivity contribution in [1.82, 2.24) is 0 Å². The van der Waals surface area contributed by atoms with Crippen LogP contribution in [0.2, 0.25) is 0 Å². The van der Waals surface area contributed by atoms with Crippen LogP contribution in [0.5, 0.6) is 0 Å². The van der Waals surface area contributed by atoms with Gasteiger partial charge in [-0.2, -0.15) is 0 Å². The Morgan fingerprint density at radius 1 is 1.33 bits per heavy atom. The Balaban J connectivity index is 0. The molecule has 0 fully saturated rings. The van der Waals surface area contributed by atoms with Crippen molar-refractivity contribution in [2.75, 3.05) is 34.3 Å². The summed E-state index contributed by atoms with van der Waals surface area (Å²) >= 11 is 5.00. The quantitative estimate of drug-likeness (QED) is 0.418. The first kappa shape index (κ1) is 12.6. The molecule has 0 radical (unpaired) electrons. The van der Waals surface area contributed by atoms with E-state index >= 15 is 0 Å². The van der Waals surface area contributed by atoms with Gasteiger partial charge in [-0.3, -0.25) is 4.29 Å². The number of rotatable bonds is 3. The van der Waals surface area contributed by atoms with Crippen LogP contribution >= 0.6 is 11.9 Å². The van der Waals surface area contributed by atoms with Gasteiger partial charge in [0.25, 0.3) is 0 Å². The molecule has 0 spiro atoms. The molecule has 0 amide bonds. The largest absolute Gasteiger partial charge is 1.00 e. The molecule has 0 bridgehead atoms. The third kappa shape index (κ3) is 12.2. The number of quaternary nitrogens is 1. The van der Waals surface area contributed by atoms with E-state index in [0.717, 1.165) is 11.0 Å². The molecule has 0 aromatic carbocycles. The minimum absolute atomic E-state index is 0. The number of hydrogen-bond donors (Lipinski definition) is 0. The summed E-state index contributed by atoms with van der Waals surface area (Å²) in [7, 11) is 6.28. The highest BCUT2D eigenvalue weighted by atomic mass is 127. The Kier molecular flexibility index (Phi) is 7.99. The maximum atomic E-state index is 5.00. The van der Waals surface area contributed by atoms with Crippen LogP contribution in [-0.2, 0) is 4.29 Å². The minimum Gasteiger partial charge on any atom is -1.00 e. The van der Waals surface area contributed by atoms with Crippen molar-refractivity contribution >= 4 is 11.9 Å². The van der Waals surface area contributed by atoms with E-state index in [2.05, 4.69) is 25.4 Å². The second-order valence-electron chi connectivity index (χ2n) is 2.83. The van der Waals surface area contributed by atoms with Crippen LogP contribution in [0, 0.1) is 0 Å². The first-order valence-electron chi connectivity index (χ1n) is 2.60. The molecule has 0 saturated carbocycles. The topological polar surface area (TPSA) is 9.23 Å². The Morgan fingerprint density at radius 2 is 1.78 bits per heavy atom. The van der Waals surface area contributed by atoms with Crippen molar-refractivity contribution in [3.05, 3.63) is 0 Å². The van der Waals surface area contributed by atoms with Crippen LogP contribution in [0.1, 0.15) is 0 Å². The average molecular weight is 266 g/mol. The predicted octanol–water partition coefficient (Wildman–Crippen LogP) is -2.13. The Morgan fingerprint density at radius 3 is 1.89 bits per heavy atom. The zero-order valence-electron chi connectivity index (χ0n) is 6.03. The van der Waals surface area contributed by atoms with Crippen molar-refractivity contribution in [2.45, 2.75) is 0 Å². The van der Waals surface area contributed by atoms with Gasteiger partial charge in [0, 0.05) is 0 Å². The van der Waals surface area contributed by atoms with Gasteiger partial charge < -0.3 is 28.5 Å². The van der Waals surface area contributed by atoms with Crippen molar-refractivity contribution < 1.29 is 32.7 Å². The van der Waals surface area contributed by atoms with E-state index in [1.165, 1.54) is 0 Å². The summed E-state index contributed by atoms with van der Waals surface area (Å²) in [6.45, 7) is 1.56. The molecule has 0 aliphatic heterocycles. The van der Waals surface area contributed by atoms with Gasteiger partial charge in [0.2, 0.25) is 0 Å². The maximum absolute atomic E-state index is 5.00. The molecule has 9 heavy (non-hydrogen) atoms. The van der Waals surface area contributed by atoms with Gasteiger partial charge in [0.15, 0.2) is 0 Å². The normalized spacial score (nSPS) is 10.7. The molecule has 0 aromatic rings. The van der Waals surface area contributed by atoms with Crippen LogP contribution in [0.3, 0.4) is 0 Å². The standard InChI is InChI=1S/C5H13ClNO.HI/c1-7(2,3)4-5-8-6;/h4-5H2,1-3H3;1H/q+1;/p-1. The third-order valence-electron chi connectivity index (χ3n) is 0.839. The third-order valence-corrected chi connectivity index (χ3v) is 0.994. The van der Waals surface area contributed by atoms with Gasteiger partial charge in [0.1, 0.15) is 13.2 Å². The lowest BCUT2D eigenvalue weighted by Crippen LogP contribution is -3.00. The van der Waals surface area contributed by atoms with Crippen LogP contribution < -0.4 is 24.0 Å². The second kappa shape index (κ2) is 5.70. The first-order valence-corrected chi connectivity index (χ1v) is 2.91. The molecule has 0 rings (SSSR count). The highest BCUT2D eigenvalue weighted by Gasteiger charge is 2.04. The molecule has 0 atom stereocenters. The van der Waals surface area contributed by atoms with Gasteiger partial charge >= 0.3 is 0 Å². The predicted molar refractivity (Wildman–Crippen MR) is 34.7 cm³/mol. The van der Waals surface area contributed by atoms with Crippen molar-refractivity contribution in [3.8, 4) is 0 Å². The summed E-state index contributed by atoms with van der Waals surface area (Å²) in [6.07, 6.45) is 0. The van der Waals surface area contributed by atoms with Crippen molar-refractivity contribution in [1.29, 1.82) is 0 Å². The van der Waals surface area contributed by atoms with E-state index in [1.54, 1.807) is 0 Å². The fraction of sp³-hybridized carbons (Fsp3) is 1.00. The lowest BCUT2D eigenvalue weighted by molar-refractivity contribution is -0.870. The number of hydrogen-bond acceptors (Lipinski definition) is 1. The molecule has 0 aliphatic carbocycles. The zero-order chi connectivity index (χ0) is 6.62. The van der Waals surface area contributed by atoms with Gasteiger partial charge in [-0.15, -0.1) is 0 Å². The Hall–Kier alpha value is 0.940. The Labute approximate surface area is 78.9 Å². The van der Waals surface area contributed by atoms with Crippen molar-refractivity contribution in [2.24, 2.45) is 0 Å². The van der Waals surface area contributed by atoms with Gasteiger partial charge in [-0.05, 0) is 0 Å². The average Bonchev–Trinajstić information content (AvgIpc) is 1.59. The number of nitrogens with zero attached hydrogens (tertiary/aromatic N) is 1. The summed E-state index contributed by atoms with van der Waals surface area (Å²) < 4.78 is 5.27. The molecule has 2 nitrogen and oxygen atoms in total. The fourth-order valence-corrected chi connectivity index (χ4v) is 0.377. The first-order chi connectivity index (χ1) is 3.56. The summed E-state index contributed by atoms with van der Waals surface area (Å²) in [5.74, 6) is 0. The monoisotopic (exact) mass is 265 g/mol. The summed E-state index contributed by atoms with van der Waals surface area (Å²) in [5.41, 5.74) is 0. The van der Waals surface area contributed by atoms with Crippen LogP contribution in [-0.4, -0.2) is 38.8 Å². The molecule has 58 valence electrons. The lowest BCUT2D eigenvalue weighted by atomic mass is 10.5. The Bertz CT molecular complexity index is 64.5. The van der Waals surface area contributed by atoms with Gasteiger partial charge in [-0.1, -0.05) is 0 Å². The lowest BCUT2D eigenvalue weighted by Gasteiger charge is -2.22. The summed E-state index contributed by atoms with van der Waals surface area (Å²) in [6, 6.07) is 0. The zero-order valence-corrected chi connectivity index (χ0v) is 8.94. The minimum atomic E-state index is 0. The van der Waals surface area contributed by atoms with Gasteiger partial charge in [0.05, 0.1) is 33.0 Å². The van der Waals surface area contributed by atoms with E-state index in [0.29, 0.717) is 6.61 Å². The summed E-state index contributed by atoms with van der Waals surface area (Å²) in [5, 5.41) is 0. The second-order valence-corrected chi connectivity index (χ2v) is 3.05. The van der Waals surface area contributed by atoms with E-state index in [4.69, 9.17) is 11.9 Å². The number of likely N-dealkylation sites (N-methyl/N-ethyl adjacent to an activating group) is 1. The van der Waals surface area contributed by atoms with E-state index in [-0.39, 0.29) is 24.0 Å². The maximum Gasteiger partial charge on any atom is 0.117 e. The molecule has 0 unspecified atom stereocenters. The molecular weight excluding hydrogens is 252 g/mol. The van der Waals surface area contributed by atoms with Crippen LogP contribution in [0.4, 0.5) is 0 Å². The van der Waals surface area contributed by atoms with Crippen molar-refractivity contribution in [3.63, 3.8) is 0 Å². The summed E-state index contributed by atoms with van der Waals surface area (Å²) in [4.78, 5) is 0. The van der Waals surface area contributed by atoms with Crippen LogP contribution in [0.15, 0.2) is 0 Å².